The van der Waals surface area contributed by atoms with Crippen LogP contribution < -0.4 is 0 Å². The van der Waals surface area contributed by atoms with Gasteiger partial charge >= 0.3 is 5.97 Å². The molecule has 62 valence electrons. The molecule has 0 heterocycles. The molecule has 0 radical (unpaired) electrons. The molecule has 0 saturated heterocycles. The number of carboxylic acids is 1. The number of carboxylic acid groups (broad SMARTS) is 1. The van der Waals surface area contributed by atoms with Gasteiger partial charge in [-0.25, -0.2) is 0 Å². The summed E-state index contributed by atoms with van der Waals surface area (Å²) < 4.78 is 0. The summed E-state index contributed by atoms with van der Waals surface area (Å²) in [4.78, 5) is 10.4. The Morgan fingerprint density at radius 1 is 1.55 bits per heavy atom. The van der Waals surface area contributed by atoms with Gasteiger partial charge in [0.25, 0.3) is 0 Å². The van der Waals surface area contributed by atoms with Crippen LogP contribution in [0.1, 0.15) is 13.8 Å². The van der Waals surface area contributed by atoms with Crippen molar-refractivity contribution in [2.24, 2.45) is 11.8 Å². The Kier molecular flexibility index (Phi) is 3.55. The highest BCUT2D eigenvalue weighted by molar-refractivity contribution is 5.71. The lowest BCUT2D eigenvalue weighted by atomic mass is 9.91. The first-order valence-electron chi connectivity index (χ1n) is 3.31. The summed E-state index contributed by atoms with van der Waals surface area (Å²) in [7, 11) is 0. The Hall–Kier alpha value is -1.08. The van der Waals surface area contributed by atoms with E-state index in [9.17, 15) is 4.79 Å². The first-order chi connectivity index (χ1) is 5.00. The number of carbonyl (C=O) groups is 1. The van der Waals surface area contributed by atoms with Crippen LogP contribution in [0.4, 0.5) is 0 Å². The SMILES string of the molecule is CC(O)C(C(=O)O)C(C)C#N. The van der Waals surface area contributed by atoms with E-state index >= 15 is 0 Å². The summed E-state index contributed by atoms with van der Waals surface area (Å²) in [5, 5.41) is 25.9. The molecule has 2 N–H and O–H groups in total. The van der Waals surface area contributed by atoms with Crippen LogP contribution >= 0.6 is 0 Å². The Bertz CT molecular complexity index is 183. The molecule has 0 aliphatic heterocycles. The fraction of sp³-hybridized carbons (Fsp3) is 0.714. The van der Waals surface area contributed by atoms with Crippen LogP contribution in [0.25, 0.3) is 0 Å². The van der Waals surface area contributed by atoms with Crippen LogP contribution in [0.5, 0.6) is 0 Å². The number of rotatable bonds is 3. The molecule has 3 unspecified atom stereocenters. The Morgan fingerprint density at radius 2 is 2.00 bits per heavy atom. The van der Waals surface area contributed by atoms with Gasteiger partial charge in [-0.2, -0.15) is 5.26 Å². The number of hydrogen-bond donors (Lipinski definition) is 2. The maximum Gasteiger partial charge on any atom is 0.310 e. The molecule has 0 rings (SSSR count). The molecule has 11 heavy (non-hydrogen) atoms. The predicted octanol–water partition coefficient (Wildman–Crippen LogP) is 0.228. The van der Waals surface area contributed by atoms with Crippen LogP contribution in [0.15, 0.2) is 0 Å². The van der Waals surface area contributed by atoms with Gasteiger partial charge in [0, 0.05) is 0 Å². The van der Waals surface area contributed by atoms with Gasteiger partial charge in [0.15, 0.2) is 0 Å². The molecule has 0 saturated carbocycles. The Morgan fingerprint density at radius 3 is 2.09 bits per heavy atom. The van der Waals surface area contributed by atoms with E-state index < -0.39 is 23.9 Å². The number of nitrogens with zero attached hydrogens (tertiary/aromatic N) is 1. The van der Waals surface area contributed by atoms with Gasteiger partial charge in [-0.05, 0) is 13.8 Å². The second-order valence-electron chi connectivity index (χ2n) is 2.52. The lowest BCUT2D eigenvalue weighted by Crippen LogP contribution is -2.30. The predicted molar refractivity (Wildman–Crippen MR) is 37.6 cm³/mol. The van der Waals surface area contributed by atoms with E-state index in [0.29, 0.717) is 0 Å². The molecule has 0 aliphatic rings. The van der Waals surface area contributed by atoms with Gasteiger partial charge < -0.3 is 10.2 Å². The highest BCUT2D eigenvalue weighted by Crippen LogP contribution is 2.14. The minimum absolute atomic E-state index is 0.660. The van der Waals surface area contributed by atoms with Gasteiger partial charge in [0.05, 0.1) is 24.0 Å². The topological polar surface area (TPSA) is 81.3 Å². The lowest BCUT2D eigenvalue weighted by Gasteiger charge is -2.16. The van der Waals surface area contributed by atoms with Gasteiger partial charge in [-0.15, -0.1) is 0 Å². The first kappa shape index (κ1) is 9.92. The fourth-order valence-corrected chi connectivity index (χ4v) is 0.918. The van der Waals surface area contributed by atoms with Crippen molar-refractivity contribution in [3.63, 3.8) is 0 Å². The zero-order chi connectivity index (χ0) is 9.02. The second-order valence-corrected chi connectivity index (χ2v) is 2.52. The van der Waals surface area contributed by atoms with E-state index in [1.54, 1.807) is 6.07 Å². The molecule has 0 aromatic rings. The molecule has 0 fully saturated rings. The third-order valence-electron chi connectivity index (χ3n) is 1.55. The van der Waals surface area contributed by atoms with Crippen LogP contribution in [0.3, 0.4) is 0 Å². The minimum atomic E-state index is -1.13. The summed E-state index contributed by atoms with van der Waals surface area (Å²) >= 11 is 0. The van der Waals surface area contributed by atoms with E-state index in [1.165, 1.54) is 13.8 Å². The molecule has 0 bridgehead atoms. The van der Waals surface area contributed by atoms with E-state index in [-0.39, 0.29) is 0 Å². The van der Waals surface area contributed by atoms with Crippen molar-refractivity contribution in [2.45, 2.75) is 20.0 Å². The standard InChI is InChI=1S/C7H11NO3/c1-4(3-8)6(5(2)9)7(10)11/h4-6,9H,1-2H3,(H,10,11). The number of hydrogen-bond acceptors (Lipinski definition) is 3. The quantitative estimate of drug-likeness (QED) is 0.614. The summed E-state index contributed by atoms with van der Waals surface area (Å²) in [5.41, 5.74) is 0. The lowest BCUT2D eigenvalue weighted by molar-refractivity contribution is -0.146. The second kappa shape index (κ2) is 3.94. The number of aliphatic carboxylic acids is 1. The number of aliphatic hydroxyl groups excluding tert-OH is 1. The van der Waals surface area contributed by atoms with Gasteiger partial charge in [0.2, 0.25) is 0 Å². The maximum absolute atomic E-state index is 10.4. The molecule has 0 aromatic carbocycles. The normalized spacial score (nSPS) is 18.0. The molecule has 4 heteroatoms. The van der Waals surface area contributed by atoms with Gasteiger partial charge in [-0.1, -0.05) is 0 Å². The average molecular weight is 157 g/mol. The minimum Gasteiger partial charge on any atom is -0.481 e. The summed E-state index contributed by atoms with van der Waals surface area (Å²) in [6.07, 6.45) is -0.984. The number of aliphatic hydroxyl groups is 1. The van der Waals surface area contributed by atoms with E-state index in [4.69, 9.17) is 15.5 Å². The Labute approximate surface area is 65.1 Å². The maximum atomic E-state index is 10.4. The van der Waals surface area contributed by atoms with Gasteiger partial charge in [-0.3, -0.25) is 4.79 Å². The van der Waals surface area contributed by atoms with Crippen molar-refractivity contribution in [1.29, 1.82) is 5.26 Å². The zero-order valence-electron chi connectivity index (χ0n) is 6.48. The van der Waals surface area contributed by atoms with Crippen molar-refractivity contribution in [3.05, 3.63) is 0 Å². The van der Waals surface area contributed by atoms with Crippen molar-refractivity contribution in [1.82, 2.24) is 0 Å². The fourth-order valence-electron chi connectivity index (χ4n) is 0.918. The average Bonchev–Trinajstić information content (AvgIpc) is 1.85. The van der Waals surface area contributed by atoms with Crippen molar-refractivity contribution in [3.8, 4) is 6.07 Å². The van der Waals surface area contributed by atoms with Gasteiger partial charge in [0.1, 0.15) is 0 Å². The van der Waals surface area contributed by atoms with Crippen molar-refractivity contribution < 1.29 is 15.0 Å². The van der Waals surface area contributed by atoms with Crippen LogP contribution in [0.2, 0.25) is 0 Å². The molecule has 3 atom stereocenters. The number of nitriles is 1. The molecule has 4 nitrogen and oxygen atoms in total. The third kappa shape index (κ3) is 2.56. The first-order valence-corrected chi connectivity index (χ1v) is 3.31. The van der Waals surface area contributed by atoms with Crippen molar-refractivity contribution >= 4 is 5.97 Å². The smallest absolute Gasteiger partial charge is 0.310 e. The van der Waals surface area contributed by atoms with Crippen LogP contribution in [-0.2, 0) is 4.79 Å². The molecule has 0 spiro atoms. The molecule has 0 amide bonds. The summed E-state index contributed by atoms with van der Waals surface area (Å²) in [6, 6.07) is 1.79. The molecular formula is C7H11NO3. The molecule has 0 aromatic heterocycles. The monoisotopic (exact) mass is 157 g/mol. The van der Waals surface area contributed by atoms with E-state index in [0.717, 1.165) is 0 Å². The third-order valence-corrected chi connectivity index (χ3v) is 1.55. The summed E-state index contributed by atoms with van der Waals surface area (Å²) in [5.74, 6) is -2.78. The van der Waals surface area contributed by atoms with Crippen LogP contribution in [-0.4, -0.2) is 22.3 Å². The largest absolute Gasteiger partial charge is 0.481 e. The summed E-state index contributed by atoms with van der Waals surface area (Å²) in [6.45, 7) is 2.85. The van der Waals surface area contributed by atoms with Crippen LogP contribution in [0, 0.1) is 23.2 Å². The Balaban J connectivity index is 4.37. The molecule has 0 aliphatic carbocycles. The zero-order valence-corrected chi connectivity index (χ0v) is 6.48. The van der Waals surface area contributed by atoms with E-state index in [2.05, 4.69) is 0 Å². The highest BCUT2D eigenvalue weighted by Gasteiger charge is 2.28. The molecular weight excluding hydrogens is 146 g/mol. The van der Waals surface area contributed by atoms with Crippen molar-refractivity contribution in [2.75, 3.05) is 0 Å². The van der Waals surface area contributed by atoms with E-state index in [1.807, 2.05) is 0 Å². The highest BCUT2D eigenvalue weighted by atomic mass is 16.4.